The van der Waals surface area contributed by atoms with E-state index in [1.54, 1.807) is 24.4 Å². The first-order valence-electron chi connectivity index (χ1n) is 9.84. The van der Waals surface area contributed by atoms with Crippen LogP contribution in [0.15, 0.2) is 49.2 Å². The molecule has 1 aromatic heterocycles. The minimum absolute atomic E-state index is 0.000560. The minimum atomic E-state index is -0.232. The van der Waals surface area contributed by atoms with Gasteiger partial charge in [-0.3, -0.25) is 4.79 Å². The molecule has 0 unspecified atom stereocenters. The van der Waals surface area contributed by atoms with E-state index in [9.17, 15) is 4.79 Å². The molecule has 1 heterocycles. The molecule has 0 bridgehead atoms. The van der Waals surface area contributed by atoms with Gasteiger partial charge in [0.15, 0.2) is 0 Å². The molecule has 3 rings (SSSR count). The molecule has 0 aliphatic carbocycles. The number of rotatable bonds is 5. The maximum Gasteiger partial charge on any atom is 0.282 e. The highest BCUT2D eigenvalue weighted by atomic mass is 79.9. The van der Waals surface area contributed by atoms with Crippen molar-refractivity contribution < 1.29 is 4.74 Å². The van der Waals surface area contributed by atoms with E-state index >= 15 is 0 Å². The van der Waals surface area contributed by atoms with E-state index in [0.29, 0.717) is 39.7 Å². The van der Waals surface area contributed by atoms with Crippen LogP contribution < -0.4 is 10.3 Å². The Kier molecular flexibility index (Phi) is 7.28. The molecule has 5 nitrogen and oxygen atoms in total. The number of hydrogen-bond donors (Lipinski definition) is 0. The summed E-state index contributed by atoms with van der Waals surface area (Å²) in [6.07, 6.45) is 1.59. The van der Waals surface area contributed by atoms with E-state index in [1.165, 1.54) is 4.68 Å². The predicted molar refractivity (Wildman–Crippen MR) is 135 cm³/mol. The van der Waals surface area contributed by atoms with Crippen LogP contribution >= 0.6 is 43.5 Å². The maximum atomic E-state index is 13.2. The van der Waals surface area contributed by atoms with Gasteiger partial charge in [-0.1, -0.05) is 62.1 Å². The van der Waals surface area contributed by atoms with Crippen molar-refractivity contribution in [3.05, 3.63) is 66.0 Å². The largest absolute Gasteiger partial charge is 0.491 e. The van der Waals surface area contributed by atoms with Crippen molar-refractivity contribution in [2.45, 2.75) is 40.5 Å². The Balaban J connectivity index is 2.14. The van der Waals surface area contributed by atoms with Crippen LogP contribution in [0, 0.1) is 5.41 Å². The Morgan fingerprint density at radius 2 is 1.94 bits per heavy atom. The summed E-state index contributed by atoms with van der Waals surface area (Å²) in [5, 5.41) is 5.53. The smallest absolute Gasteiger partial charge is 0.282 e. The number of fused-ring (bicyclic) bond motifs is 1. The molecular weight excluding hydrogens is 546 g/mol. The van der Waals surface area contributed by atoms with Crippen molar-refractivity contribution in [2.24, 2.45) is 10.5 Å². The van der Waals surface area contributed by atoms with Gasteiger partial charge in [0.1, 0.15) is 11.6 Å². The summed E-state index contributed by atoms with van der Waals surface area (Å²) in [7, 11) is 0. The summed E-state index contributed by atoms with van der Waals surface area (Å²) >= 11 is 13.2. The lowest BCUT2D eigenvalue weighted by atomic mass is 9.98. The molecule has 0 saturated heterocycles. The van der Waals surface area contributed by atoms with Crippen molar-refractivity contribution >= 4 is 60.6 Å². The zero-order chi connectivity index (χ0) is 22.9. The minimum Gasteiger partial charge on any atom is -0.491 e. The van der Waals surface area contributed by atoms with Crippen LogP contribution in [0.3, 0.4) is 0 Å². The van der Waals surface area contributed by atoms with Gasteiger partial charge in [-0.2, -0.15) is 9.78 Å². The molecule has 31 heavy (non-hydrogen) atoms. The van der Waals surface area contributed by atoms with Crippen molar-refractivity contribution in [2.75, 3.05) is 6.61 Å². The number of halogens is 3. The van der Waals surface area contributed by atoms with Crippen molar-refractivity contribution in [1.29, 1.82) is 0 Å². The van der Waals surface area contributed by atoms with Gasteiger partial charge in [0.05, 0.1) is 28.2 Å². The Morgan fingerprint density at radius 3 is 2.58 bits per heavy atom. The highest BCUT2D eigenvalue weighted by Gasteiger charge is 2.17. The van der Waals surface area contributed by atoms with Crippen molar-refractivity contribution in [1.82, 2.24) is 9.66 Å². The van der Waals surface area contributed by atoms with E-state index in [-0.39, 0.29) is 16.9 Å². The molecule has 164 valence electrons. The van der Waals surface area contributed by atoms with Crippen molar-refractivity contribution in [3.8, 4) is 5.75 Å². The SMILES string of the molecule is CC(C)c1nc2ccc(Br)cc2c(=O)n1N=Cc1cc(Cl)cc(Br)c1OCC(C)(C)C. The molecule has 0 N–H and O–H groups in total. The van der Waals surface area contributed by atoms with Gasteiger partial charge in [0.25, 0.3) is 5.56 Å². The van der Waals surface area contributed by atoms with Crippen LogP contribution in [0.4, 0.5) is 0 Å². The van der Waals surface area contributed by atoms with Crippen LogP contribution in [-0.4, -0.2) is 22.5 Å². The Morgan fingerprint density at radius 1 is 1.23 bits per heavy atom. The van der Waals surface area contributed by atoms with E-state index < -0.39 is 0 Å². The van der Waals surface area contributed by atoms with E-state index in [0.717, 1.165) is 8.95 Å². The summed E-state index contributed by atoms with van der Waals surface area (Å²) in [5.41, 5.74) is 1.05. The number of nitrogens with zero attached hydrogens (tertiary/aromatic N) is 3. The van der Waals surface area contributed by atoms with Crippen LogP contribution in [0.5, 0.6) is 5.75 Å². The first-order valence-corrected chi connectivity index (χ1v) is 11.8. The molecule has 0 atom stereocenters. The van der Waals surface area contributed by atoms with Crippen LogP contribution in [0.25, 0.3) is 10.9 Å². The van der Waals surface area contributed by atoms with Gasteiger partial charge in [-0.25, -0.2) is 4.98 Å². The lowest BCUT2D eigenvalue weighted by Crippen LogP contribution is -2.23. The fraction of sp³-hybridized carbons (Fsp3) is 0.348. The molecule has 0 saturated carbocycles. The molecule has 0 amide bonds. The number of benzene rings is 2. The Bertz CT molecular complexity index is 1210. The van der Waals surface area contributed by atoms with E-state index in [1.807, 2.05) is 26.0 Å². The summed E-state index contributed by atoms with van der Waals surface area (Å²) in [4.78, 5) is 17.9. The highest BCUT2D eigenvalue weighted by Crippen LogP contribution is 2.33. The maximum absolute atomic E-state index is 13.2. The summed E-state index contributed by atoms with van der Waals surface area (Å²) in [6.45, 7) is 10.8. The lowest BCUT2D eigenvalue weighted by molar-refractivity contribution is 0.196. The topological polar surface area (TPSA) is 56.5 Å². The number of hydrogen-bond acceptors (Lipinski definition) is 4. The Hall–Kier alpha value is -1.70. The lowest BCUT2D eigenvalue weighted by Gasteiger charge is -2.20. The standard InChI is InChI=1S/C23H24Br2ClN3O2/c1-13(2)21-28-19-7-6-15(24)9-17(19)22(30)29(21)27-11-14-8-16(26)10-18(25)20(14)31-12-23(3,4)5/h6-11,13H,12H2,1-5H3. The zero-order valence-corrected chi connectivity index (χ0v) is 22.0. The van der Waals surface area contributed by atoms with Gasteiger partial charge in [-0.15, -0.1) is 0 Å². The Labute approximate surface area is 203 Å². The van der Waals surface area contributed by atoms with Gasteiger partial charge in [0.2, 0.25) is 0 Å². The fourth-order valence-corrected chi connectivity index (χ4v) is 4.20. The molecule has 0 aliphatic rings. The normalized spacial score (nSPS) is 12.3. The van der Waals surface area contributed by atoms with E-state index in [2.05, 4.69) is 62.7 Å². The van der Waals surface area contributed by atoms with Crippen LogP contribution in [0.1, 0.15) is 51.9 Å². The van der Waals surface area contributed by atoms with Gasteiger partial charge < -0.3 is 4.74 Å². The summed E-state index contributed by atoms with van der Waals surface area (Å²) < 4.78 is 8.95. The zero-order valence-electron chi connectivity index (χ0n) is 18.0. The quantitative estimate of drug-likeness (QED) is 0.311. The first-order chi connectivity index (χ1) is 14.5. The molecule has 3 aromatic rings. The van der Waals surface area contributed by atoms with E-state index in [4.69, 9.17) is 16.3 Å². The van der Waals surface area contributed by atoms with Gasteiger partial charge in [-0.05, 0) is 51.7 Å². The first kappa shape index (κ1) is 24.0. The second-order valence-electron chi connectivity index (χ2n) is 8.80. The molecule has 8 heteroatoms. The molecule has 0 radical (unpaired) electrons. The third kappa shape index (κ3) is 5.76. The van der Waals surface area contributed by atoms with Gasteiger partial charge in [0, 0.05) is 21.0 Å². The second-order valence-corrected chi connectivity index (χ2v) is 11.0. The third-order valence-corrected chi connectivity index (χ3v) is 5.65. The number of aromatic nitrogens is 2. The summed E-state index contributed by atoms with van der Waals surface area (Å²) in [5.74, 6) is 1.20. The average Bonchev–Trinajstić information content (AvgIpc) is 2.65. The highest BCUT2D eigenvalue weighted by molar-refractivity contribution is 9.10. The molecule has 0 fully saturated rings. The number of ether oxygens (including phenoxy) is 1. The molecular formula is C23H24Br2ClN3O2. The third-order valence-electron chi connectivity index (χ3n) is 4.35. The average molecular weight is 570 g/mol. The molecule has 0 spiro atoms. The van der Waals surface area contributed by atoms with Gasteiger partial charge >= 0.3 is 0 Å². The molecule has 2 aromatic carbocycles. The predicted octanol–water partition coefficient (Wildman–Crippen LogP) is 7.01. The monoisotopic (exact) mass is 567 g/mol. The summed E-state index contributed by atoms with van der Waals surface area (Å²) in [6, 6.07) is 8.99. The fourth-order valence-electron chi connectivity index (χ4n) is 2.89. The van der Waals surface area contributed by atoms with Crippen LogP contribution in [-0.2, 0) is 0 Å². The molecule has 0 aliphatic heterocycles. The van der Waals surface area contributed by atoms with Crippen LogP contribution in [0.2, 0.25) is 5.02 Å². The van der Waals surface area contributed by atoms with Crippen molar-refractivity contribution in [3.63, 3.8) is 0 Å². The second kappa shape index (κ2) is 9.43.